The Morgan fingerprint density at radius 1 is 1.45 bits per heavy atom. The molecule has 0 heterocycles. The van der Waals surface area contributed by atoms with E-state index in [2.05, 4.69) is 5.32 Å². The summed E-state index contributed by atoms with van der Waals surface area (Å²) in [6.07, 6.45) is 0. The van der Waals surface area contributed by atoms with Crippen molar-refractivity contribution in [3.05, 3.63) is 29.1 Å². The van der Waals surface area contributed by atoms with Gasteiger partial charge in [-0.1, -0.05) is 13.8 Å². The maximum Gasteiger partial charge on any atom is 0.254 e. The molecule has 1 unspecified atom stereocenters. The van der Waals surface area contributed by atoms with Gasteiger partial charge >= 0.3 is 0 Å². The Kier molecular flexibility index (Phi) is 5.95. The fraction of sp³-hybridized carbons (Fsp3) is 0.533. The summed E-state index contributed by atoms with van der Waals surface area (Å²) in [5.41, 5.74) is 6.38. The standard InChI is InChI=1S/C15H23FN2O2/c1-5-20-8-13(9(2)3)18-15(19)12-7-11(17)6-10(4)14(12)16/h6-7,9,13H,5,8,17H2,1-4H3,(H,18,19). The number of ether oxygens (including phenoxy) is 1. The zero-order valence-corrected chi connectivity index (χ0v) is 12.5. The van der Waals surface area contributed by atoms with Gasteiger partial charge in [0.25, 0.3) is 5.91 Å². The van der Waals surface area contributed by atoms with Crippen LogP contribution in [0.25, 0.3) is 0 Å². The number of carbonyl (C=O) groups is 1. The van der Waals surface area contributed by atoms with Gasteiger partial charge in [-0.15, -0.1) is 0 Å². The van der Waals surface area contributed by atoms with Crippen LogP contribution in [-0.4, -0.2) is 25.2 Å². The number of nitrogens with two attached hydrogens (primary N) is 1. The zero-order chi connectivity index (χ0) is 15.3. The molecular formula is C15H23FN2O2. The second kappa shape index (κ2) is 7.24. The van der Waals surface area contributed by atoms with E-state index in [0.717, 1.165) is 0 Å². The SMILES string of the molecule is CCOCC(NC(=O)c1cc(N)cc(C)c1F)C(C)C. The van der Waals surface area contributed by atoms with Crippen molar-refractivity contribution in [2.45, 2.75) is 33.7 Å². The quantitative estimate of drug-likeness (QED) is 0.788. The first-order valence-corrected chi connectivity index (χ1v) is 6.81. The van der Waals surface area contributed by atoms with E-state index in [9.17, 15) is 9.18 Å². The molecule has 5 heteroatoms. The number of amides is 1. The Bertz CT molecular complexity index is 475. The third-order valence-corrected chi connectivity index (χ3v) is 3.14. The Balaban J connectivity index is 2.89. The maximum absolute atomic E-state index is 14.0. The highest BCUT2D eigenvalue weighted by atomic mass is 19.1. The van der Waals surface area contributed by atoms with Crippen molar-refractivity contribution in [1.29, 1.82) is 0 Å². The lowest BCUT2D eigenvalue weighted by Crippen LogP contribution is -2.42. The number of nitrogen functional groups attached to an aromatic ring is 1. The van der Waals surface area contributed by atoms with Crippen LogP contribution in [0, 0.1) is 18.7 Å². The third-order valence-electron chi connectivity index (χ3n) is 3.14. The molecule has 112 valence electrons. The number of nitrogens with one attached hydrogen (secondary N) is 1. The van der Waals surface area contributed by atoms with Crippen molar-refractivity contribution in [3.8, 4) is 0 Å². The van der Waals surface area contributed by atoms with Crippen molar-refractivity contribution in [2.24, 2.45) is 5.92 Å². The summed E-state index contributed by atoms with van der Waals surface area (Å²) in [7, 11) is 0. The minimum atomic E-state index is -0.532. The number of benzene rings is 1. The summed E-state index contributed by atoms with van der Waals surface area (Å²) in [4.78, 5) is 12.2. The van der Waals surface area contributed by atoms with Crippen LogP contribution in [0.1, 0.15) is 36.7 Å². The molecule has 1 aromatic carbocycles. The van der Waals surface area contributed by atoms with E-state index in [-0.39, 0.29) is 17.5 Å². The second-order valence-electron chi connectivity index (χ2n) is 5.18. The van der Waals surface area contributed by atoms with Gasteiger partial charge in [-0.25, -0.2) is 4.39 Å². The lowest BCUT2D eigenvalue weighted by atomic mass is 10.0. The van der Waals surface area contributed by atoms with Crippen molar-refractivity contribution in [3.63, 3.8) is 0 Å². The number of rotatable bonds is 6. The van der Waals surface area contributed by atoms with E-state index in [0.29, 0.717) is 24.5 Å². The van der Waals surface area contributed by atoms with Crippen LogP contribution in [-0.2, 0) is 4.74 Å². The van der Waals surface area contributed by atoms with Gasteiger partial charge in [-0.3, -0.25) is 4.79 Å². The summed E-state index contributed by atoms with van der Waals surface area (Å²) >= 11 is 0. The Labute approximate surface area is 119 Å². The van der Waals surface area contributed by atoms with Crippen LogP contribution >= 0.6 is 0 Å². The predicted molar refractivity (Wildman–Crippen MR) is 78.1 cm³/mol. The highest BCUT2D eigenvalue weighted by molar-refractivity contribution is 5.95. The van der Waals surface area contributed by atoms with Crippen molar-refractivity contribution < 1.29 is 13.9 Å². The highest BCUT2D eigenvalue weighted by Gasteiger charge is 2.20. The van der Waals surface area contributed by atoms with Gasteiger partial charge in [0.15, 0.2) is 0 Å². The molecule has 4 nitrogen and oxygen atoms in total. The van der Waals surface area contributed by atoms with Crippen LogP contribution in [0.15, 0.2) is 12.1 Å². The fourth-order valence-corrected chi connectivity index (χ4v) is 1.85. The minimum Gasteiger partial charge on any atom is -0.399 e. The molecule has 3 N–H and O–H groups in total. The van der Waals surface area contributed by atoms with Crippen molar-refractivity contribution >= 4 is 11.6 Å². The molecule has 0 saturated carbocycles. The average molecular weight is 282 g/mol. The van der Waals surface area contributed by atoms with E-state index in [4.69, 9.17) is 10.5 Å². The predicted octanol–water partition coefficient (Wildman–Crippen LogP) is 2.51. The van der Waals surface area contributed by atoms with Gasteiger partial charge in [0.2, 0.25) is 0 Å². The van der Waals surface area contributed by atoms with Gasteiger partial charge in [0, 0.05) is 12.3 Å². The van der Waals surface area contributed by atoms with E-state index in [1.165, 1.54) is 12.1 Å². The first-order chi connectivity index (χ1) is 9.36. The molecular weight excluding hydrogens is 259 g/mol. The van der Waals surface area contributed by atoms with Gasteiger partial charge < -0.3 is 15.8 Å². The number of anilines is 1. The lowest BCUT2D eigenvalue weighted by Gasteiger charge is -2.22. The second-order valence-corrected chi connectivity index (χ2v) is 5.18. The normalized spacial score (nSPS) is 12.5. The van der Waals surface area contributed by atoms with Crippen molar-refractivity contribution in [2.75, 3.05) is 18.9 Å². The minimum absolute atomic E-state index is 0.0235. The monoisotopic (exact) mass is 282 g/mol. The summed E-state index contributed by atoms with van der Waals surface area (Å²) < 4.78 is 19.3. The number of aryl methyl sites for hydroxylation is 1. The molecule has 1 rings (SSSR count). The number of hydrogen-bond donors (Lipinski definition) is 2. The summed E-state index contributed by atoms with van der Waals surface area (Å²) in [6.45, 7) is 8.41. The topological polar surface area (TPSA) is 64.3 Å². The molecule has 20 heavy (non-hydrogen) atoms. The number of halogens is 1. The lowest BCUT2D eigenvalue weighted by molar-refractivity contribution is 0.0802. The van der Waals surface area contributed by atoms with Crippen molar-refractivity contribution in [1.82, 2.24) is 5.32 Å². The molecule has 0 saturated heterocycles. The maximum atomic E-state index is 14.0. The fourth-order valence-electron chi connectivity index (χ4n) is 1.85. The molecule has 0 aromatic heterocycles. The number of hydrogen-bond acceptors (Lipinski definition) is 3. The van der Waals surface area contributed by atoms with Gasteiger partial charge in [-0.05, 0) is 37.5 Å². The van der Waals surface area contributed by atoms with Gasteiger partial charge in [0.1, 0.15) is 5.82 Å². The largest absolute Gasteiger partial charge is 0.399 e. The molecule has 1 aromatic rings. The first kappa shape index (κ1) is 16.4. The van der Waals surface area contributed by atoms with Crippen LogP contribution in [0.5, 0.6) is 0 Å². The van der Waals surface area contributed by atoms with Gasteiger partial charge in [0.05, 0.1) is 18.2 Å². The molecule has 1 amide bonds. The van der Waals surface area contributed by atoms with Crippen LogP contribution < -0.4 is 11.1 Å². The Morgan fingerprint density at radius 2 is 2.10 bits per heavy atom. The van der Waals surface area contributed by atoms with Crippen LogP contribution in [0.2, 0.25) is 0 Å². The van der Waals surface area contributed by atoms with Crippen LogP contribution in [0.4, 0.5) is 10.1 Å². The molecule has 0 bridgehead atoms. The molecule has 0 aliphatic rings. The third kappa shape index (κ3) is 4.20. The Hall–Kier alpha value is -1.62. The van der Waals surface area contributed by atoms with E-state index in [1.54, 1.807) is 6.92 Å². The molecule has 0 radical (unpaired) electrons. The highest BCUT2D eigenvalue weighted by Crippen LogP contribution is 2.17. The Morgan fingerprint density at radius 3 is 2.65 bits per heavy atom. The summed E-state index contributed by atoms with van der Waals surface area (Å²) in [6, 6.07) is 2.70. The summed E-state index contributed by atoms with van der Waals surface area (Å²) in [5, 5.41) is 2.80. The molecule has 0 aliphatic carbocycles. The smallest absolute Gasteiger partial charge is 0.254 e. The zero-order valence-electron chi connectivity index (χ0n) is 12.5. The molecule has 0 spiro atoms. The van der Waals surface area contributed by atoms with E-state index < -0.39 is 11.7 Å². The average Bonchev–Trinajstić information content (AvgIpc) is 2.38. The number of carbonyl (C=O) groups excluding carboxylic acids is 1. The summed E-state index contributed by atoms with van der Waals surface area (Å²) in [5.74, 6) is -0.803. The van der Waals surface area contributed by atoms with E-state index >= 15 is 0 Å². The van der Waals surface area contributed by atoms with Crippen LogP contribution in [0.3, 0.4) is 0 Å². The van der Waals surface area contributed by atoms with E-state index in [1.807, 2.05) is 20.8 Å². The molecule has 1 atom stereocenters. The molecule has 0 aliphatic heterocycles. The van der Waals surface area contributed by atoms with Gasteiger partial charge in [-0.2, -0.15) is 0 Å². The molecule has 0 fully saturated rings. The first-order valence-electron chi connectivity index (χ1n) is 6.81.